The summed E-state index contributed by atoms with van der Waals surface area (Å²) in [5, 5.41) is 4.48. The van der Waals surface area contributed by atoms with E-state index in [1.165, 1.54) is 0 Å². The summed E-state index contributed by atoms with van der Waals surface area (Å²) in [5.41, 5.74) is 1.39. The number of carbonyl (C=O) groups is 2. The highest BCUT2D eigenvalue weighted by Crippen LogP contribution is 2.25. The molecule has 0 aliphatic heterocycles. The molecule has 1 amide bonds. The van der Waals surface area contributed by atoms with Gasteiger partial charge in [-0.3, -0.25) is 14.2 Å². The van der Waals surface area contributed by atoms with Gasteiger partial charge in [0.15, 0.2) is 0 Å². The van der Waals surface area contributed by atoms with Crippen molar-refractivity contribution in [3.05, 3.63) is 64.8 Å². The van der Waals surface area contributed by atoms with Crippen molar-refractivity contribution < 1.29 is 9.59 Å². The van der Waals surface area contributed by atoms with Crippen molar-refractivity contribution in [2.24, 2.45) is 0 Å². The van der Waals surface area contributed by atoms with Gasteiger partial charge >= 0.3 is 0 Å². The second kappa shape index (κ2) is 7.07. The van der Waals surface area contributed by atoms with Crippen LogP contribution in [0.1, 0.15) is 17.6 Å². The summed E-state index contributed by atoms with van der Waals surface area (Å²) in [4.78, 5) is 24.3. The van der Waals surface area contributed by atoms with E-state index in [-0.39, 0.29) is 24.7 Å². The minimum atomic E-state index is -0.252. The predicted octanol–water partition coefficient (Wildman–Crippen LogP) is 5.01. The van der Waals surface area contributed by atoms with Gasteiger partial charge in [0.2, 0.25) is 11.8 Å². The normalized spacial score (nSPS) is 10.8. The molecule has 122 valence electrons. The van der Waals surface area contributed by atoms with Crippen LogP contribution >= 0.6 is 23.2 Å². The van der Waals surface area contributed by atoms with E-state index in [2.05, 4.69) is 5.32 Å². The molecule has 0 unspecified atom stereocenters. The van der Waals surface area contributed by atoms with Crippen molar-refractivity contribution in [1.82, 2.24) is 4.57 Å². The first kappa shape index (κ1) is 16.6. The molecular formula is C18H14Cl2N2O2. The van der Waals surface area contributed by atoms with Crippen LogP contribution in [0.15, 0.2) is 54.7 Å². The number of para-hydroxylation sites is 1. The molecule has 0 saturated heterocycles. The molecule has 1 heterocycles. The quantitative estimate of drug-likeness (QED) is 0.710. The van der Waals surface area contributed by atoms with Gasteiger partial charge in [-0.1, -0.05) is 41.4 Å². The SMILES string of the molecule is O=C(CCC(=O)n1ccc2ccccc21)Nc1ccc(Cl)c(Cl)c1. The summed E-state index contributed by atoms with van der Waals surface area (Å²) in [6, 6.07) is 14.3. The van der Waals surface area contributed by atoms with Crippen LogP contribution in [0.2, 0.25) is 10.0 Å². The Hall–Kier alpha value is -2.30. The third-order valence-electron chi connectivity index (χ3n) is 3.64. The van der Waals surface area contributed by atoms with Gasteiger partial charge in [-0.2, -0.15) is 0 Å². The summed E-state index contributed by atoms with van der Waals surface area (Å²) in [6.07, 6.45) is 1.93. The number of carbonyl (C=O) groups excluding carboxylic acids is 2. The maximum atomic E-state index is 12.3. The first-order valence-electron chi connectivity index (χ1n) is 7.39. The number of fused-ring (bicyclic) bond motifs is 1. The zero-order chi connectivity index (χ0) is 17.1. The fourth-order valence-electron chi connectivity index (χ4n) is 2.44. The number of nitrogens with one attached hydrogen (secondary N) is 1. The Morgan fingerprint density at radius 2 is 1.75 bits per heavy atom. The number of nitrogens with zero attached hydrogens (tertiary/aromatic N) is 1. The third-order valence-corrected chi connectivity index (χ3v) is 4.38. The Bertz CT molecular complexity index is 918. The van der Waals surface area contributed by atoms with Crippen LogP contribution in [0.4, 0.5) is 5.69 Å². The Balaban J connectivity index is 1.61. The number of amides is 1. The molecule has 0 saturated carbocycles. The third kappa shape index (κ3) is 3.61. The van der Waals surface area contributed by atoms with Gasteiger partial charge in [-0.15, -0.1) is 0 Å². The van der Waals surface area contributed by atoms with Gasteiger partial charge in [0.05, 0.1) is 15.6 Å². The molecule has 0 radical (unpaired) electrons. The van der Waals surface area contributed by atoms with E-state index in [4.69, 9.17) is 23.2 Å². The Labute approximate surface area is 149 Å². The molecule has 0 aliphatic carbocycles. The Morgan fingerprint density at radius 3 is 2.54 bits per heavy atom. The van der Waals surface area contributed by atoms with E-state index in [9.17, 15) is 9.59 Å². The number of hydrogen-bond donors (Lipinski definition) is 1. The minimum absolute atomic E-state index is 0.0889. The number of benzene rings is 2. The molecule has 6 heteroatoms. The van der Waals surface area contributed by atoms with Gasteiger partial charge in [0.1, 0.15) is 0 Å². The molecule has 0 spiro atoms. The standard InChI is InChI=1S/C18H14Cl2N2O2/c19-14-6-5-13(11-15(14)20)21-17(23)7-8-18(24)22-10-9-12-3-1-2-4-16(12)22/h1-6,9-11H,7-8H2,(H,21,23). The van der Waals surface area contributed by atoms with Crippen molar-refractivity contribution in [2.75, 3.05) is 5.32 Å². The summed E-state index contributed by atoms with van der Waals surface area (Å²) in [6.45, 7) is 0. The lowest BCUT2D eigenvalue weighted by molar-refractivity contribution is -0.116. The zero-order valence-electron chi connectivity index (χ0n) is 12.6. The minimum Gasteiger partial charge on any atom is -0.326 e. The number of halogens is 2. The van der Waals surface area contributed by atoms with Crippen LogP contribution in [0.5, 0.6) is 0 Å². The number of rotatable bonds is 4. The van der Waals surface area contributed by atoms with Crippen LogP contribution in [0.25, 0.3) is 10.9 Å². The van der Waals surface area contributed by atoms with Gasteiger partial charge < -0.3 is 5.32 Å². The van der Waals surface area contributed by atoms with Crippen molar-refractivity contribution in [3.63, 3.8) is 0 Å². The molecule has 0 aliphatic rings. The first-order valence-corrected chi connectivity index (χ1v) is 8.14. The maximum absolute atomic E-state index is 12.3. The molecule has 1 N–H and O–H groups in total. The second-order valence-corrected chi connectivity index (χ2v) is 6.13. The van der Waals surface area contributed by atoms with Gasteiger partial charge in [-0.05, 0) is 30.3 Å². The number of hydrogen-bond acceptors (Lipinski definition) is 2. The fourth-order valence-corrected chi connectivity index (χ4v) is 2.74. The van der Waals surface area contributed by atoms with E-state index < -0.39 is 0 Å². The average molecular weight is 361 g/mol. The lowest BCUT2D eigenvalue weighted by Crippen LogP contribution is -2.16. The molecular weight excluding hydrogens is 347 g/mol. The molecule has 4 nitrogen and oxygen atoms in total. The van der Waals surface area contributed by atoms with E-state index in [0.29, 0.717) is 15.7 Å². The summed E-state index contributed by atoms with van der Waals surface area (Å²) in [7, 11) is 0. The van der Waals surface area contributed by atoms with E-state index in [0.717, 1.165) is 10.9 Å². The van der Waals surface area contributed by atoms with Crippen LogP contribution in [-0.4, -0.2) is 16.4 Å². The molecule has 0 bridgehead atoms. The van der Waals surface area contributed by atoms with Crippen molar-refractivity contribution in [1.29, 1.82) is 0 Å². The van der Waals surface area contributed by atoms with Crippen LogP contribution in [-0.2, 0) is 4.79 Å². The summed E-state index contributed by atoms with van der Waals surface area (Å²) >= 11 is 11.7. The highest BCUT2D eigenvalue weighted by atomic mass is 35.5. The molecule has 3 aromatic rings. The van der Waals surface area contributed by atoms with Gasteiger partial charge in [0, 0.05) is 30.1 Å². The molecule has 0 fully saturated rings. The summed E-state index contributed by atoms with van der Waals surface area (Å²) < 4.78 is 1.57. The lowest BCUT2D eigenvalue weighted by atomic mass is 10.2. The highest BCUT2D eigenvalue weighted by molar-refractivity contribution is 6.42. The molecule has 2 aromatic carbocycles. The number of anilines is 1. The average Bonchev–Trinajstić information content (AvgIpc) is 3.00. The maximum Gasteiger partial charge on any atom is 0.231 e. The van der Waals surface area contributed by atoms with E-state index in [1.807, 2.05) is 30.3 Å². The topological polar surface area (TPSA) is 51.1 Å². The monoisotopic (exact) mass is 360 g/mol. The molecule has 1 aromatic heterocycles. The van der Waals surface area contributed by atoms with Crippen LogP contribution in [0.3, 0.4) is 0 Å². The first-order chi connectivity index (χ1) is 11.5. The second-order valence-electron chi connectivity index (χ2n) is 5.32. The van der Waals surface area contributed by atoms with Crippen molar-refractivity contribution in [3.8, 4) is 0 Å². The van der Waals surface area contributed by atoms with Crippen LogP contribution in [0, 0.1) is 0 Å². The molecule has 3 rings (SSSR count). The lowest BCUT2D eigenvalue weighted by Gasteiger charge is -2.07. The summed E-state index contributed by atoms with van der Waals surface area (Å²) in [5.74, 6) is -0.376. The smallest absolute Gasteiger partial charge is 0.231 e. The number of aromatic nitrogens is 1. The molecule has 24 heavy (non-hydrogen) atoms. The van der Waals surface area contributed by atoms with Crippen molar-refractivity contribution >= 4 is 51.6 Å². The van der Waals surface area contributed by atoms with E-state index in [1.54, 1.807) is 29.0 Å². The zero-order valence-corrected chi connectivity index (χ0v) is 14.1. The predicted molar refractivity (Wildman–Crippen MR) is 96.9 cm³/mol. The highest BCUT2D eigenvalue weighted by Gasteiger charge is 2.11. The largest absolute Gasteiger partial charge is 0.326 e. The fraction of sp³-hybridized carbons (Fsp3) is 0.111. The molecule has 0 atom stereocenters. The van der Waals surface area contributed by atoms with Crippen molar-refractivity contribution in [2.45, 2.75) is 12.8 Å². The van der Waals surface area contributed by atoms with Crippen LogP contribution < -0.4 is 5.32 Å². The van der Waals surface area contributed by atoms with Gasteiger partial charge in [-0.25, -0.2) is 0 Å². The Kier molecular flexibility index (Phi) is 4.88. The van der Waals surface area contributed by atoms with E-state index >= 15 is 0 Å². The Morgan fingerprint density at radius 1 is 0.958 bits per heavy atom. The van der Waals surface area contributed by atoms with Gasteiger partial charge in [0.25, 0.3) is 0 Å².